The molecule has 1 aromatic carbocycles. The van der Waals surface area contributed by atoms with Crippen LogP contribution in [0.1, 0.15) is 39.3 Å². The number of hydrogen-bond donors (Lipinski definition) is 1. The minimum Gasteiger partial charge on any atom is -0.481 e. The van der Waals surface area contributed by atoms with Gasteiger partial charge in [-0.2, -0.15) is 4.52 Å². The van der Waals surface area contributed by atoms with Gasteiger partial charge < -0.3 is 14.9 Å². The molecular weight excluding hydrogens is 479 g/mol. The molecule has 0 amide bonds. The van der Waals surface area contributed by atoms with E-state index in [-0.39, 0.29) is 11.7 Å². The van der Waals surface area contributed by atoms with Gasteiger partial charge >= 0.3 is 5.97 Å². The van der Waals surface area contributed by atoms with E-state index in [9.17, 15) is 14.3 Å². The summed E-state index contributed by atoms with van der Waals surface area (Å²) in [5, 5.41) is 16.9. The van der Waals surface area contributed by atoms with Crippen molar-refractivity contribution >= 4 is 39.7 Å². The number of aliphatic carboxylic acids is 1. The average Bonchev–Trinajstić information content (AvgIpc) is 3.55. The summed E-state index contributed by atoms with van der Waals surface area (Å²) in [4.78, 5) is 25.0. The van der Waals surface area contributed by atoms with Crippen LogP contribution in [0.4, 0.5) is 21.2 Å². The van der Waals surface area contributed by atoms with Crippen molar-refractivity contribution in [3.63, 3.8) is 0 Å². The van der Waals surface area contributed by atoms with Crippen LogP contribution in [0.5, 0.6) is 0 Å². The molecule has 1 aliphatic heterocycles. The molecule has 10 heteroatoms. The number of rotatable bonds is 6. The Balaban J connectivity index is 0.00000148. The van der Waals surface area contributed by atoms with Crippen molar-refractivity contribution < 1.29 is 14.3 Å². The summed E-state index contributed by atoms with van der Waals surface area (Å²) in [5.41, 5.74) is 3.30. The number of piperidine rings is 1. The molecule has 4 heterocycles. The average molecular weight is 511 g/mol. The normalized spacial score (nSPS) is 14.0. The molecule has 0 radical (unpaired) electrons. The Hall–Kier alpha value is -3.53. The maximum atomic E-state index is 13.3. The number of fused-ring (bicyclic) bond motifs is 1. The SMILES string of the molecule is CC.CCc1nc2ccc(N3CCC(C(=O)O)CC3)nn2c1N(C)c1nc(-c2ccc(F)cc2)cs1. The second-order valence-corrected chi connectivity index (χ2v) is 9.21. The molecule has 1 saturated heterocycles. The van der Waals surface area contributed by atoms with Crippen molar-refractivity contribution in [2.45, 2.75) is 40.0 Å². The zero-order valence-electron chi connectivity index (χ0n) is 21.0. The first-order valence-electron chi connectivity index (χ1n) is 12.3. The number of hydrogen-bond acceptors (Lipinski definition) is 7. The van der Waals surface area contributed by atoms with Gasteiger partial charge in [0.15, 0.2) is 16.6 Å². The van der Waals surface area contributed by atoms with E-state index in [1.165, 1.54) is 23.5 Å². The number of aryl methyl sites for hydroxylation is 1. The summed E-state index contributed by atoms with van der Waals surface area (Å²) < 4.78 is 15.1. The third kappa shape index (κ3) is 5.04. The van der Waals surface area contributed by atoms with Crippen LogP contribution in [0.2, 0.25) is 0 Å². The molecule has 1 aliphatic rings. The van der Waals surface area contributed by atoms with Gasteiger partial charge in [0.1, 0.15) is 11.6 Å². The second-order valence-electron chi connectivity index (χ2n) is 8.38. The van der Waals surface area contributed by atoms with Crippen molar-refractivity contribution in [1.29, 1.82) is 0 Å². The largest absolute Gasteiger partial charge is 0.481 e. The lowest BCUT2D eigenvalue weighted by molar-refractivity contribution is -0.142. The maximum Gasteiger partial charge on any atom is 0.306 e. The third-order valence-electron chi connectivity index (χ3n) is 6.25. The van der Waals surface area contributed by atoms with Gasteiger partial charge in [-0.3, -0.25) is 4.79 Å². The fraction of sp³-hybridized carbons (Fsp3) is 0.385. The molecule has 8 nitrogen and oxygen atoms in total. The fourth-order valence-electron chi connectivity index (χ4n) is 4.32. The number of halogens is 1. The number of nitrogens with zero attached hydrogens (tertiary/aromatic N) is 6. The molecule has 190 valence electrons. The molecule has 1 fully saturated rings. The van der Waals surface area contributed by atoms with Gasteiger partial charge in [0.2, 0.25) is 0 Å². The summed E-state index contributed by atoms with van der Waals surface area (Å²) in [6.45, 7) is 7.37. The van der Waals surface area contributed by atoms with Crippen LogP contribution < -0.4 is 9.80 Å². The smallest absolute Gasteiger partial charge is 0.306 e. The lowest BCUT2D eigenvalue weighted by Gasteiger charge is -2.30. The quantitative estimate of drug-likeness (QED) is 0.359. The topological polar surface area (TPSA) is 86.9 Å². The molecule has 3 aromatic heterocycles. The van der Waals surface area contributed by atoms with E-state index in [0.717, 1.165) is 45.8 Å². The molecule has 0 unspecified atom stereocenters. The number of benzene rings is 1. The van der Waals surface area contributed by atoms with Gasteiger partial charge in [-0.15, -0.1) is 16.4 Å². The van der Waals surface area contributed by atoms with Crippen LogP contribution in [0.15, 0.2) is 41.8 Å². The van der Waals surface area contributed by atoms with Gasteiger partial charge in [-0.05, 0) is 55.7 Å². The summed E-state index contributed by atoms with van der Waals surface area (Å²) in [5.74, 6) is 0.361. The van der Waals surface area contributed by atoms with Gasteiger partial charge in [0.25, 0.3) is 0 Å². The van der Waals surface area contributed by atoms with E-state index in [4.69, 9.17) is 15.1 Å². The first kappa shape index (κ1) is 25.6. The third-order valence-corrected chi connectivity index (χ3v) is 7.17. The summed E-state index contributed by atoms with van der Waals surface area (Å²) >= 11 is 1.50. The highest BCUT2D eigenvalue weighted by atomic mass is 32.1. The van der Waals surface area contributed by atoms with E-state index >= 15 is 0 Å². The van der Waals surface area contributed by atoms with E-state index in [0.29, 0.717) is 25.9 Å². The minimum atomic E-state index is -0.724. The van der Waals surface area contributed by atoms with Crippen molar-refractivity contribution in [2.24, 2.45) is 5.92 Å². The van der Waals surface area contributed by atoms with E-state index in [1.54, 1.807) is 12.1 Å². The van der Waals surface area contributed by atoms with Crippen LogP contribution in [-0.2, 0) is 11.2 Å². The number of carbonyl (C=O) groups is 1. The van der Waals surface area contributed by atoms with Crippen molar-refractivity contribution in [1.82, 2.24) is 19.6 Å². The molecule has 0 bridgehead atoms. The predicted octanol–water partition coefficient (Wildman–Crippen LogP) is 5.65. The zero-order valence-corrected chi connectivity index (χ0v) is 21.8. The van der Waals surface area contributed by atoms with Gasteiger partial charge in [-0.1, -0.05) is 20.8 Å². The molecule has 0 saturated carbocycles. The molecule has 0 spiro atoms. The monoisotopic (exact) mass is 510 g/mol. The molecule has 0 aliphatic carbocycles. The van der Waals surface area contributed by atoms with Gasteiger partial charge in [0.05, 0.1) is 17.3 Å². The molecule has 0 atom stereocenters. The number of aromatic nitrogens is 4. The highest BCUT2D eigenvalue weighted by Gasteiger charge is 2.26. The van der Waals surface area contributed by atoms with Crippen LogP contribution >= 0.6 is 11.3 Å². The van der Waals surface area contributed by atoms with Crippen LogP contribution in [0, 0.1) is 11.7 Å². The highest BCUT2D eigenvalue weighted by Crippen LogP contribution is 2.34. The highest BCUT2D eigenvalue weighted by molar-refractivity contribution is 7.14. The molecule has 4 aromatic rings. The predicted molar refractivity (Wildman–Crippen MR) is 142 cm³/mol. The first-order valence-corrected chi connectivity index (χ1v) is 13.1. The van der Waals surface area contributed by atoms with Crippen molar-refractivity contribution in [2.75, 3.05) is 29.9 Å². The number of carboxylic acid groups (broad SMARTS) is 1. The second kappa shape index (κ2) is 11.0. The minimum absolute atomic E-state index is 0.274. The molecule has 1 N–H and O–H groups in total. The Morgan fingerprint density at radius 3 is 2.47 bits per heavy atom. The Kier molecular flexibility index (Phi) is 7.83. The maximum absolute atomic E-state index is 13.3. The number of imidazole rings is 1. The van der Waals surface area contributed by atoms with Crippen LogP contribution in [0.25, 0.3) is 16.9 Å². The lowest BCUT2D eigenvalue weighted by Crippen LogP contribution is -2.37. The standard InChI is InChI=1S/C24H25FN6O2S.C2H6/c1-3-18-22(29(2)24-27-19(14-34-24)15-4-6-17(25)7-5-15)31-20(26-18)8-9-21(28-31)30-12-10-16(11-13-30)23(32)33;1-2/h4-9,14,16H,3,10-13H2,1-2H3,(H,32,33);1-2H3. The fourth-order valence-corrected chi connectivity index (χ4v) is 5.12. The Morgan fingerprint density at radius 2 is 1.83 bits per heavy atom. The van der Waals surface area contributed by atoms with Gasteiger partial charge in [-0.25, -0.2) is 14.4 Å². The Labute approximate surface area is 214 Å². The summed E-state index contributed by atoms with van der Waals surface area (Å²) in [7, 11) is 1.95. The number of anilines is 3. The zero-order chi connectivity index (χ0) is 25.8. The number of carboxylic acids is 1. The van der Waals surface area contributed by atoms with E-state index < -0.39 is 5.97 Å². The van der Waals surface area contributed by atoms with Crippen LogP contribution in [0.3, 0.4) is 0 Å². The molecular formula is C26H31FN6O2S. The van der Waals surface area contributed by atoms with Gasteiger partial charge in [0, 0.05) is 31.1 Å². The van der Waals surface area contributed by atoms with E-state index in [1.807, 2.05) is 47.8 Å². The Morgan fingerprint density at radius 1 is 1.14 bits per heavy atom. The summed E-state index contributed by atoms with van der Waals surface area (Å²) in [6, 6.07) is 10.2. The van der Waals surface area contributed by atoms with E-state index in [2.05, 4.69) is 11.8 Å². The number of thiazole rings is 1. The Bertz CT molecular complexity index is 1330. The lowest BCUT2D eigenvalue weighted by atomic mass is 9.97. The molecule has 36 heavy (non-hydrogen) atoms. The molecule has 5 rings (SSSR count). The first-order chi connectivity index (χ1) is 17.4. The summed E-state index contributed by atoms with van der Waals surface area (Å²) in [6.07, 6.45) is 1.95. The van der Waals surface area contributed by atoms with Crippen LogP contribution in [-0.4, -0.2) is 50.8 Å². The van der Waals surface area contributed by atoms with Crippen molar-refractivity contribution in [3.8, 4) is 11.3 Å². The van der Waals surface area contributed by atoms with Crippen molar-refractivity contribution in [3.05, 3.63) is 53.3 Å².